The van der Waals surface area contributed by atoms with Gasteiger partial charge in [0.1, 0.15) is 17.9 Å². The number of carbonyl (C=O) groups is 1. The molecule has 0 fully saturated rings. The summed E-state index contributed by atoms with van der Waals surface area (Å²) in [4.78, 5) is 28.3. The minimum atomic E-state index is -1.32. The Balaban J connectivity index is 1.71. The molecule has 8 heteroatoms. The number of anilines is 1. The number of hydrogen-bond acceptors (Lipinski definition) is 5. The molecule has 28 heavy (non-hydrogen) atoms. The fourth-order valence-corrected chi connectivity index (χ4v) is 4.59. The van der Waals surface area contributed by atoms with Gasteiger partial charge >= 0.3 is 5.97 Å². The number of hydrogen-bond donors (Lipinski definition) is 1. The molecule has 1 aromatic heterocycles. The molecule has 1 N–H and O–H groups in total. The molecule has 2 aromatic rings. The largest absolute Gasteiger partial charge is 0.487 e. The number of pyridine rings is 1. The Morgan fingerprint density at radius 3 is 2.57 bits per heavy atom. The van der Waals surface area contributed by atoms with Gasteiger partial charge in [-0.25, -0.2) is 9.18 Å². The Morgan fingerprint density at radius 2 is 1.93 bits per heavy atom. The summed E-state index contributed by atoms with van der Waals surface area (Å²) in [5.41, 5.74) is 2.38. The molecule has 0 saturated carbocycles. The van der Waals surface area contributed by atoms with Crippen LogP contribution in [0.1, 0.15) is 23.3 Å². The van der Waals surface area contributed by atoms with Crippen LogP contribution >= 0.6 is 0 Å². The third kappa shape index (κ3) is 2.30. The first-order valence-corrected chi connectivity index (χ1v) is 9.26. The minimum Gasteiger partial charge on any atom is -0.487 e. The third-order valence-corrected chi connectivity index (χ3v) is 5.87. The second kappa shape index (κ2) is 5.81. The molecular weight excluding hydrogens is 365 g/mol. The van der Waals surface area contributed by atoms with Crippen molar-refractivity contribution in [3.05, 3.63) is 45.0 Å². The Hall–Kier alpha value is -2.87. The monoisotopic (exact) mass is 385 g/mol. The molecule has 5 rings (SSSR count). The number of ether oxygens (including phenoxy) is 1. The first kappa shape index (κ1) is 17.2. The average molecular weight is 385 g/mol. The van der Waals surface area contributed by atoms with E-state index in [9.17, 15) is 14.7 Å². The molecule has 3 aliphatic rings. The molecule has 1 unspecified atom stereocenters. The van der Waals surface area contributed by atoms with E-state index in [1.165, 1.54) is 17.3 Å². The van der Waals surface area contributed by atoms with Gasteiger partial charge in [0.15, 0.2) is 11.6 Å². The molecule has 0 radical (unpaired) electrons. The van der Waals surface area contributed by atoms with Crippen molar-refractivity contribution in [2.45, 2.75) is 13.0 Å². The van der Waals surface area contributed by atoms with Crippen LogP contribution in [-0.4, -0.2) is 60.4 Å². The second-order valence-corrected chi connectivity index (χ2v) is 7.91. The molecule has 4 heterocycles. The molecule has 0 aliphatic carbocycles. The summed E-state index contributed by atoms with van der Waals surface area (Å²) in [6.45, 7) is 5.17. The van der Waals surface area contributed by atoms with Crippen molar-refractivity contribution in [3.63, 3.8) is 0 Å². The fraction of sp³-hybridized carbons (Fsp3) is 0.400. The summed E-state index contributed by atoms with van der Waals surface area (Å²) >= 11 is 0. The fourth-order valence-electron chi connectivity index (χ4n) is 4.59. The van der Waals surface area contributed by atoms with Crippen molar-refractivity contribution in [2.24, 2.45) is 0 Å². The van der Waals surface area contributed by atoms with Crippen molar-refractivity contribution in [1.29, 1.82) is 0 Å². The summed E-state index contributed by atoms with van der Waals surface area (Å²) in [7, 11) is 2.06. The predicted octanol–water partition coefficient (Wildman–Crippen LogP) is 1.85. The van der Waals surface area contributed by atoms with Crippen molar-refractivity contribution in [2.75, 3.05) is 44.7 Å². The van der Waals surface area contributed by atoms with Crippen molar-refractivity contribution in [1.82, 2.24) is 9.47 Å². The van der Waals surface area contributed by atoms with E-state index < -0.39 is 17.2 Å². The zero-order chi connectivity index (χ0) is 19.7. The van der Waals surface area contributed by atoms with Crippen LogP contribution in [0, 0.1) is 5.82 Å². The van der Waals surface area contributed by atoms with Gasteiger partial charge in [0.25, 0.3) is 0 Å². The average Bonchev–Trinajstić information content (AvgIpc) is 3.16. The maximum absolute atomic E-state index is 15.2. The lowest BCUT2D eigenvalue weighted by Crippen LogP contribution is -2.31. The van der Waals surface area contributed by atoms with Gasteiger partial charge in [0.2, 0.25) is 5.43 Å². The van der Waals surface area contributed by atoms with E-state index in [-0.39, 0.29) is 23.6 Å². The number of nitrogens with zero attached hydrogens (tertiary/aromatic N) is 3. The van der Waals surface area contributed by atoms with E-state index >= 15 is 4.39 Å². The predicted molar refractivity (Wildman–Crippen MR) is 102 cm³/mol. The molecule has 0 saturated heterocycles. The topological polar surface area (TPSA) is 75.0 Å². The number of halogens is 1. The molecule has 7 nitrogen and oxygen atoms in total. The summed E-state index contributed by atoms with van der Waals surface area (Å²) < 4.78 is 22.8. The molecule has 146 valence electrons. The number of aromatic nitrogens is 1. The SMILES string of the molecule is CC1COc2c(N3CC4=C(CN(C)C4)C3)c(F)cc3c(=O)c(C(=O)O)cn1c23. The van der Waals surface area contributed by atoms with E-state index in [1.807, 2.05) is 11.8 Å². The summed E-state index contributed by atoms with van der Waals surface area (Å²) in [5, 5.41) is 9.42. The second-order valence-electron chi connectivity index (χ2n) is 7.91. The highest BCUT2D eigenvalue weighted by Gasteiger charge is 2.34. The smallest absolute Gasteiger partial charge is 0.341 e. The highest BCUT2D eigenvalue weighted by Crippen LogP contribution is 2.43. The van der Waals surface area contributed by atoms with Crippen LogP contribution in [0.5, 0.6) is 5.75 Å². The standard InChI is InChI=1S/C20H20FN3O4/c1-10-9-28-19-16-13(18(25)14(20(26)27)8-24(10)16)3-15(21)17(19)23-6-11-4-22(2)5-12(11)7-23/h3,8,10H,4-7,9H2,1-2H3,(H,26,27). The third-order valence-electron chi connectivity index (χ3n) is 5.87. The highest BCUT2D eigenvalue weighted by molar-refractivity contribution is 5.97. The van der Waals surface area contributed by atoms with Gasteiger partial charge in [0.05, 0.1) is 16.9 Å². The van der Waals surface area contributed by atoms with Crippen LogP contribution in [0.15, 0.2) is 28.2 Å². The quantitative estimate of drug-likeness (QED) is 0.796. The lowest BCUT2D eigenvalue weighted by molar-refractivity contribution is 0.0694. The number of carboxylic acid groups (broad SMARTS) is 1. The molecule has 1 atom stereocenters. The minimum absolute atomic E-state index is 0.0436. The van der Waals surface area contributed by atoms with Gasteiger partial charge in [-0.2, -0.15) is 0 Å². The lowest BCUT2D eigenvalue weighted by Gasteiger charge is -2.31. The Kier molecular flexibility index (Phi) is 3.58. The summed E-state index contributed by atoms with van der Waals surface area (Å²) in [6.07, 6.45) is 1.35. The molecule has 0 amide bonds. The van der Waals surface area contributed by atoms with Crippen LogP contribution in [-0.2, 0) is 0 Å². The normalized spacial score (nSPS) is 21.4. The molecule has 3 aliphatic heterocycles. The molecule has 0 bridgehead atoms. The van der Waals surface area contributed by atoms with Crippen LogP contribution in [0.4, 0.5) is 10.1 Å². The van der Waals surface area contributed by atoms with Crippen molar-refractivity contribution in [3.8, 4) is 5.75 Å². The molecule has 0 spiro atoms. The molecular formula is C20H20FN3O4. The first-order chi connectivity index (χ1) is 13.3. The van der Waals surface area contributed by atoms with Gasteiger partial charge in [-0.3, -0.25) is 9.69 Å². The zero-order valence-electron chi connectivity index (χ0n) is 15.7. The van der Waals surface area contributed by atoms with E-state index in [1.54, 1.807) is 4.57 Å². The number of carboxylic acids is 1. The zero-order valence-corrected chi connectivity index (χ0v) is 15.7. The van der Waals surface area contributed by atoms with E-state index in [0.29, 0.717) is 30.0 Å². The Morgan fingerprint density at radius 1 is 1.25 bits per heavy atom. The summed E-state index contributed by atoms with van der Waals surface area (Å²) in [5.74, 6) is -1.54. The highest BCUT2D eigenvalue weighted by atomic mass is 19.1. The van der Waals surface area contributed by atoms with Crippen molar-refractivity contribution >= 4 is 22.6 Å². The van der Waals surface area contributed by atoms with Crippen LogP contribution < -0.4 is 15.1 Å². The number of rotatable bonds is 2. The lowest BCUT2D eigenvalue weighted by atomic mass is 10.1. The van der Waals surface area contributed by atoms with Gasteiger partial charge < -0.3 is 19.3 Å². The Bertz CT molecular complexity index is 1120. The van der Waals surface area contributed by atoms with Crippen molar-refractivity contribution < 1.29 is 19.0 Å². The maximum atomic E-state index is 15.2. The van der Waals surface area contributed by atoms with E-state index in [2.05, 4.69) is 11.9 Å². The van der Waals surface area contributed by atoms with Gasteiger partial charge in [0, 0.05) is 32.4 Å². The number of aromatic carboxylic acids is 1. The number of benzene rings is 1. The van der Waals surface area contributed by atoms with Crippen LogP contribution in [0.2, 0.25) is 0 Å². The summed E-state index contributed by atoms with van der Waals surface area (Å²) in [6, 6.07) is 0.999. The molecule has 1 aromatic carbocycles. The van der Waals surface area contributed by atoms with Gasteiger partial charge in [-0.1, -0.05) is 0 Å². The van der Waals surface area contributed by atoms with Gasteiger partial charge in [-0.15, -0.1) is 0 Å². The van der Waals surface area contributed by atoms with Crippen LogP contribution in [0.25, 0.3) is 10.9 Å². The van der Waals surface area contributed by atoms with Gasteiger partial charge in [-0.05, 0) is 31.2 Å². The van der Waals surface area contributed by atoms with Crippen LogP contribution in [0.3, 0.4) is 0 Å². The van der Waals surface area contributed by atoms with E-state index in [4.69, 9.17) is 4.74 Å². The van der Waals surface area contributed by atoms with E-state index in [0.717, 1.165) is 19.2 Å². The first-order valence-electron chi connectivity index (χ1n) is 9.26. The number of likely N-dealkylation sites (N-methyl/N-ethyl adjacent to an activating group) is 1. The Labute approximate surface area is 160 Å². The maximum Gasteiger partial charge on any atom is 0.341 e.